The van der Waals surface area contributed by atoms with Crippen molar-refractivity contribution < 1.29 is 9.52 Å². The number of aliphatic hydroxyl groups is 1. The Bertz CT molecular complexity index is 406. The number of hydrogen-bond acceptors (Lipinski definition) is 4. The van der Waals surface area contributed by atoms with Gasteiger partial charge in [-0.25, -0.2) is 4.98 Å². The molecule has 2 heterocycles. The maximum absolute atomic E-state index is 10.1. The third-order valence-electron chi connectivity index (χ3n) is 2.37. The predicted octanol–water partition coefficient (Wildman–Crippen LogP) is 1.000. The zero-order valence-electron chi connectivity index (χ0n) is 9.10. The second-order valence-corrected chi connectivity index (χ2v) is 3.89. The van der Waals surface area contributed by atoms with Crippen molar-refractivity contribution in [1.29, 1.82) is 0 Å². The Balaban J connectivity index is 1.85. The first-order valence-corrected chi connectivity index (χ1v) is 5.14. The molecule has 0 saturated carbocycles. The number of imidazole rings is 1. The highest BCUT2D eigenvalue weighted by molar-refractivity contribution is 5.08. The molecule has 5 nitrogen and oxygen atoms in total. The van der Waals surface area contributed by atoms with Crippen LogP contribution in [-0.2, 0) is 12.1 Å². The van der Waals surface area contributed by atoms with Crippen molar-refractivity contribution in [2.24, 2.45) is 0 Å². The summed E-state index contributed by atoms with van der Waals surface area (Å²) in [6.45, 7) is 2.70. The molecule has 0 aliphatic rings. The highest BCUT2D eigenvalue weighted by Crippen LogP contribution is 2.19. The van der Waals surface area contributed by atoms with Gasteiger partial charge in [-0.2, -0.15) is 0 Å². The fourth-order valence-electron chi connectivity index (χ4n) is 1.49. The maximum Gasteiger partial charge on any atom is 0.136 e. The van der Waals surface area contributed by atoms with Crippen molar-refractivity contribution in [3.63, 3.8) is 0 Å². The van der Waals surface area contributed by atoms with E-state index in [0.717, 1.165) is 5.82 Å². The summed E-state index contributed by atoms with van der Waals surface area (Å²) in [5.74, 6) is 1.40. The molecule has 0 fully saturated rings. The molecule has 0 aliphatic heterocycles. The first-order valence-electron chi connectivity index (χ1n) is 5.14. The van der Waals surface area contributed by atoms with E-state index >= 15 is 0 Å². The Labute approximate surface area is 93.5 Å². The van der Waals surface area contributed by atoms with Gasteiger partial charge in [-0.05, 0) is 19.1 Å². The minimum Gasteiger partial charge on any atom is -0.466 e. The minimum absolute atomic E-state index is 0.404. The van der Waals surface area contributed by atoms with E-state index in [1.807, 2.05) is 0 Å². The summed E-state index contributed by atoms with van der Waals surface area (Å²) >= 11 is 0. The SMILES string of the molecule is CC(O)(CNCc1ncc[nH]1)c1ccco1. The Morgan fingerprint density at radius 3 is 3.12 bits per heavy atom. The first-order chi connectivity index (χ1) is 7.68. The number of rotatable bonds is 5. The quantitative estimate of drug-likeness (QED) is 0.704. The van der Waals surface area contributed by atoms with Gasteiger partial charge in [0.05, 0.1) is 12.8 Å². The molecular formula is C11H15N3O2. The molecular weight excluding hydrogens is 206 g/mol. The minimum atomic E-state index is -1.00. The zero-order chi connectivity index (χ0) is 11.4. The lowest BCUT2D eigenvalue weighted by Gasteiger charge is -2.20. The van der Waals surface area contributed by atoms with E-state index < -0.39 is 5.60 Å². The van der Waals surface area contributed by atoms with Crippen LogP contribution in [0.5, 0.6) is 0 Å². The van der Waals surface area contributed by atoms with Gasteiger partial charge in [-0.3, -0.25) is 0 Å². The molecule has 2 rings (SSSR count). The van der Waals surface area contributed by atoms with Crippen LogP contribution < -0.4 is 5.32 Å². The van der Waals surface area contributed by atoms with Crippen LogP contribution in [0.15, 0.2) is 35.2 Å². The molecule has 0 spiro atoms. The Hall–Kier alpha value is -1.59. The number of aromatic nitrogens is 2. The van der Waals surface area contributed by atoms with Crippen LogP contribution in [0.25, 0.3) is 0 Å². The second-order valence-electron chi connectivity index (χ2n) is 3.89. The van der Waals surface area contributed by atoms with Crippen molar-refractivity contribution >= 4 is 0 Å². The average molecular weight is 221 g/mol. The number of H-pyrrole nitrogens is 1. The molecule has 2 aromatic heterocycles. The summed E-state index contributed by atoms with van der Waals surface area (Å²) in [4.78, 5) is 7.05. The Kier molecular flexibility index (Phi) is 3.07. The van der Waals surface area contributed by atoms with Gasteiger partial charge in [0.2, 0.25) is 0 Å². The molecule has 3 N–H and O–H groups in total. The van der Waals surface area contributed by atoms with E-state index in [1.165, 1.54) is 0 Å². The van der Waals surface area contributed by atoms with E-state index in [-0.39, 0.29) is 0 Å². The normalized spacial score (nSPS) is 14.9. The lowest BCUT2D eigenvalue weighted by atomic mass is 10.0. The third-order valence-corrected chi connectivity index (χ3v) is 2.37. The van der Waals surface area contributed by atoms with Crippen LogP contribution >= 0.6 is 0 Å². The van der Waals surface area contributed by atoms with Gasteiger partial charge in [-0.15, -0.1) is 0 Å². The summed E-state index contributed by atoms with van der Waals surface area (Å²) in [7, 11) is 0. The molecule has 0 bridgehead atoms. The molecule has 0 aromatic carbocycles. The topological polar surface area (TPSA) is 74.1 Å². The van der Waals surface area contributed by atoms with E-state index in [9.17, 15) is 5.11 Å². The van der Waals surface area contributed by atoms with Crippen LogP contribution in [-0.4, -0.2) is 21.6 Å². The Morgan fingerprint density at radius 2 is 2.50 bits per heavy atom. The molecule has 0 amide bonds. The van der Waals surface area contributed by atoms with Gasteiger partial charge in [0.25, 0.3) is 0 Å². The van der Waals surface area contributed by atoms with Crippen LogP contribution in [0.1, 0.15) is 18.5 Å². The predicted molar refractivity (Wildman–Crippen MR) is 58.6 cm³/mol. The van der Waals surface area contributed by atoms with Crippen molar-refractivity contribution in [1.82, 2.24) is 15.3 Å². The van der Waals surface area contributed by atoms with Crippen LogP contribution in [0.3, 0.4) is 0 Å². The largest absolute Gasteiger partial charge is 0.466 e. The molecule has 16 heavy (non-hydrogen) atoms. The molecule has 1 unspecified atom stereocenters. The standard InChI is InChI=1S/C11H15N3O2/c1-11(15,9-3-2-6-16-9)8-12-7-10-13-4-5-14-10/h2-6,12,15H,7-8H2,1H3,(H,13,14). The molecule has 0 radical (unpaired) electrons. The van der Waals surface area contributed by atoms with Gasteiger partial charge >= 0.3 is 0 Å². The lowest BCUT2D eigenvalue weighted by Crippen LogP contribution is -2.34. The number of aromatic amines is 1. The number of nitrogens with zero attached hydrogens (tertiary/aromatic N) is 1. The fourth-order valence-corrected chi connectivity index (χ4v) is 1.49. The molecule has 2 aromatic rings. The summed E-state index contributed by atoms with van der Waals surface area (Å²) in [6, 6.07) is 3.52. The van der Waals surface area contributed by atoms with Crippen molar-refractivity contribution in [3.05, 3.63) is 42.4 Å². The summed E-state index contributed by atoms with van der Waals surface area (Å²) < 4.78 is 5.17. The van der Waals surface area contributed by atoms with Gasteiger partial charge in [0.1, 0.15) is 17.2 Å². The molecule has 86 valence electrons. The van der Waals surface area contributed by atoms with Gasteiger partial charge in [0, 0.05) is 18.9 Å². The highest BCUT2D eigenvalue weighted by atomic mass is 16.4. The van der Waals surface area contributed by atoms with Crippen molar-refractivity contribution in [2.75, 3.05) is 6.54 Å². The summed E-state index contributed by atoms with van der Waals surface area (Å²) in [6.07, 6.45) is 5.01. The lowest BCUT2D eigenvalue weighted by molar-refractivity contribution is 0.0339. The molecule has 1 atom stereocenters. The molecule has 0 aliphatic carbocycles. The number of hydrogen-bond donors (Lipinski definition) is 3. The van der Waals surface area contributed by atoms with E-state index in [1.54, 1.807) is 37.7 Å². The van der Waals surface area contributed by atoms with Gasteiger partial charge < -0.3 is 19.8 Å². The van der Waals surface area contributed by atoms with E-state index in [4.69, 9.17) is 4.42 Å². The van der Waals surface area contributed by atoms with Crippen molar-refractivity contribution in [3.8, 4) is 0 Å². The molecule has 5 heteroatoms. The maximum atomic E-state index is 10.1. The van der Waals surface area contributed by atoms with Gasteiger partial charge in [0.15, 0.2) is 0 Å². The van der Waals surface area contributed by atoms with E-state index in [2.05, 4.69) is 15.3 Å². The summed E-state index contributed by atoms with van der Waals surface area (Å²) in [5.41, 5.74) is -1.00. The number of nitrogens with one attached hydrogen (secondary N) is 2. The molecule has 0 saturated heterocycles. The Morgan fingerprint density at radius 1 is 1.62 bits per heavy atom. The second kappa shape index (κ2) is 4.51. The smallest absolute Gasteiger partial charge is 0.136 e. The van der Waals surface area contributed by atoms with E-state index in [0.29, 0.717) is 18.8 Å². The van der Waals surface area contributed by atoms with Gasteiger partial charge in [-0.1, -0.05) is 0 Å². The monoisotopic (exact) mass is 221 g/mol. The summed E-state index contributed by atoms with van der Waals surface area (Å²) in [5, 5.41) is 13.2. The first kappa shape index (κ1) is 10.9. The van der Waals surface area contributed by atoms with Crippen LogP contribution in [0, 0.1) is 0 Å². The fraction of sp³-hybridized carbons (Fsp3) is 0.364. The third kappa shape index (κ3) is 2.50. The van der Waals surface area contributed by atoms with Crippen LogP contribution in [0.4, 0.5) is 0 Å². The highest BCUT2D eigenvalue weighted by Gasteiger charge is 2.25. The zero-order valence-corrected chi connectivity index (χ0v) is 9.10. The van der Waals surface area contributed by atoms with Crippen molar-refractivity contribution in [2.45, 2.75) is 19.1 Å². The number of furan rings is 1. The van der Waals surface area contributed by atoms with Crippen LogP contribution in [0.2, 0.25) is 0 Å². The average Bonchev–Trinajstić information content (AvgIpc) is 2.90.